The van der Waals surface area contributed by atoms with Crippen LogP contribution in [0.2, 0.25) is 0 Å². The highest BCUT2D eigenvalue weighted by Gasteiger charge is 2.21. The third-order valence-corrected chi connectivity index (χ3v) is 4.42. The molecule has 0 aliphatic carbocycles. The topological polar surface area (TPSA) is 50.4 Å². The predicted molar refractivity (Wildman–Crippen MR) is 96.1 cm³/mol. The number of carbonyl (C=O) groups is 1. The van der Waals surface area contributed by atoms with Gasteiger partial charge in [0.15, 0.2) is 0 Å². The lowest BCUT2D eigenvalue weighted by Gasteiger charge is -2.27. The molecule has 1 atom stereocenters. The van der Waals surface area contributed by atoms with Crippen molar-refractivity contribution < 1.29 is 13.9 Å². The summed E-state index contributed by atoms with van der Waals surface area (Å²) in [6.07, 6.45) is 3.67. The SMILES string of the molecule is CC(CC(=O)NCCCOc1ccc(F)cc1)C1CCNCC1.Cl. The Hall–Kier alpha value is -1.33. The van der Waals surface area contributed by atoms with Gasteiger partial charge in [0.2, 0.25) is 5.91 Å². The van der Waals surface area contributed by atoms with E-state index in [0.29, 0.717) is 37.2 Å². The van der Waals surface area contributed by atoms with E-state index >= 15 is 0 Å². The number of hydrogen-bond acceptors (Lipinski definition) is 3. The van der Waals surface area contributed by atoms with Crippen molar-refractivity contribution in [2.75, 3.05) is 26.2 Å². The first-order valence-corrected chi connectivity index (χ1v) is 8.51. The second-order valence-corrected chi connectivity index (χ2v) is 6.27. The van der Waals surface area contributed by atoms with Crippen LogP contribution in [0.15, 0.2) is 24.3 Å². The van der Waals surface area contributed by atoms with Gasteiger partial charge in [0.1, 0.15) is 11.6 Å². The third kappa shape index (κ3) is 7.49. The normalized spacial score (nSPS) is 16.1. The van der Waals surface area contributed by atoms with E-state index in [4.69, 9.17) is 4.74 Å². The van der Waals surface area contributed by atoms with Crippen LogP contribution in [-0.2, 0) is 4.79 Å². The first-order chi connectivity index (χ1) is 11.1. The van der Waals surface area contributed by atoms with E-state index in [9.17, 15) is 9.18 Å². The number of carbonyl (C=O) groups excluding carboxylic acids is 1. The second-order valence-electron chi connectivity index (χ2n) is 6.27. The Morgan fingerprint density at radius 1 is 1.33 bits per heavy atom. The lowest BCUT2D eigenvalue weighted by molar-refractivity contribution is -0.122. The highest BCUT2D eigenvalue weighted by molar-refractivity contribution is 5.85. The average molecular weight is 359 g/mol. The first-order valence-electron chi connectivity index (χ1n) is 8.51. The molecule has 1 unspecified atom stereocenters. The van der Waals surface area contributed by atoms with E-state index in [1.807, 2.05) is 0 Å². The molecule has 0 aromatic heterocycles. The molecule has 1 aliphatic rings. The largest absolute Gasteiger partial charge is 0.494 e. The summed E-state index contributed by atoms with van der Waals surface area (Å²) in [4.78, 5) is 12.0. The summed E-state index contributed by atoms with van der Waals surface area (Å²) >= 11 is 0. The van der Waals surface area contributed by atoms with Gasteiger partial charge in [-0.3, -0.25) is 4.79 Å². The van der Waals surface area contributed by atoms with Gasteiger partial charge in [-0.15, -0.1) is 12.4 Å². The van der Waals surface area contributed by atoms with Crippen LogP contribution in [0.3, 0.4) is 0 Å². The van der Waals surface area contributed by atoms with Crippen molar-refractivity contribution in [2.45, 2.75) is 32.6 Å². The molecule has 2 N–H and O–H groups in total. The van der Waals surface area contributed by atoms with Gasteiger partial charge in [0, 0.05) is 13.0 Å². The molecule has 1 aliphatic heterocycles. The van der Waals surface area contributed by atoms with Crippen molar-refractivity contribution in [3.63, 3.8) is 0 Å². The monoisotopic (exact) mass is 358 g/mol. The number of halogens is 2. The van der Waals surface area contributed by atoms with Crippen molar-refractivity contribution in [3.8, 4) is 5.75 Å². The van der Waals surface area contributed by atoms with Crippen molar-refractivity contribution in [3.05, 3.63) is 30.1 Å². The number of amides is 1. The molecule has 1 saturated heterocycles. The molecule has 1 aromatic carbocycles. The Labute approximate surface area is 149 Å². The summed E-state index contributed by atoms with van der Waals surface area (Å²) in [5, 5.41) is 6.31. The number of rotatable bonds is 8. The summed E-state index contributed by atoms with van der Waals surface area (Å²) in [5.41, 5.74) is 0. The number of piperidine rings is 1. The fourth-order valence-corrected chi connectivity index (χ4v) is 2.97. The maximum absolute atomic E-state index is 12.8. The number of ether oxygens (including phenoxy) is 1. The molecule has 6 heteroatoms. The molecular formula is C18H28ClFN2O2. The van der Waals surface area contributed by atoms with E-state index < -0.39 is 0 Å². The highest BCUT2D eigenvalue weighted by atomic mass is 35.5. The van der Waals surface area contributed by atoms with E-state index in [-0.39, 0.29) is 24.1 Å². The molecule has 136 valence electrons. The third-order valence-electron chi connectivity index (χ3n) is 4.42. The zero-order valence-electron chi connectivity index (χ0n) is 14.2. The van der Waals surface area contributed by atoms with Gasteiger partial charge in [-0.2, -0.15) is 0 Å². The lowest BCUT2D eigenvalue weighted by Crippen LogP contribution is -2.33. The van der Waals surface area contributed by atoms with E-state index in [0.717, 1.165) is 19.5 Å². The molecule has 0 bridgehead atoms. The molecular weight excluding hydrogens is 331 g/mol. The van der Waals surface area contributed by atoms with Gasteiger partial charge >= 0.3 is 0 Å². The Balaban J connectivity index is 0.00000288. The standard InChI is InChI=1S/C18H27FN2O2.ClH/c1-14(15-7-10-20-11-8-15)13-18(22)21-9-2-12-23-17-5-3-16(19)4-6-17;/h3-6,14-15,20H,2,7-13H2,1H3,(H,21,22);1H. The Morgan fingerprint density at radius 2 is 2.00 bits per heavy atom. The van der Waals surface area contributed by atoms with Crippen LogP contribution in [0, 0.1) is 17.7 Å². The minimum absolute atomic E-state index is 0. The van der Waals surface area contributed by atoms with E-state index in [1.165, 1.54) is 25.0 Å². The maximum atomic E-state index is 12.8. The second kappa shape index (κ2) is 11.3. The summed E-state index contributed by atoms with van der Waals surface area (Å²) in [7, 11) is 0. The molecule has 4 nitrogen and oxygen atoms in total. The van der Waals surface area contributed by atoms with Crippen molar-refractivity contribution in [1.82, 2.24) is 10.6 Å². The maximum Gasteiger partial charge on any atom is 0.220 e. The zero-order chi connectivity index (χ0) is 16.5. The summed E-state index contributed by atoms with van der Waals surface area (Å²) in [6.45, 7) is 5.43. The average Bonchev–Trinajstić information content (AvgIpc) is 2.57. The van der Waals surface area contributed by atoms with Crippen molar-refractivity contribution in [1.29, 1.82) is 0 Å². The quantitative estimate of drug-likeness (QED) is 0.702. The van der Waals surface area contributed by atoms with Gasteiger partial charge in [0.05, 0.1) is 6.61 Å². The molecule has 1 amide bonds. The predicted octanol–water partition coefficient (Wildman–Crippen LogP) is 3.16. The Kier molecular flexibility index (Phi) is 9.72. The molecule has 0 spiro atoms. The van der Waals surface area contributed by atoms with Crippen LogP contribution in [0.1, 0.15) is 32.6 Å². The van der Waals surface area contributed by atoms with Crippen molar-refractivity contribution >= 4 is 18.3 Å². The highest BCUT2D eigenvalue weighted by Crippen LogP contribution is 2.24. The fraction of sp³-hybridized carbons (Fsp3) is 0.611. The van der Waals surface area contributed by atoms with Crippen LogP contribution < -0.4 is 15.4 Å². The van der Waals surface area contributed by atoms with E-state index in [2.05, 4.69) is 17.6 Å². The zero-order valence-corrected chi connectivity index (χ0v) is 15.0. The summed E-state index contributed by atoms with van der Waals surface area (Å²) < 4.78 is 18.2. The molecule has 0 saturated carbocycles. The molecule has 1 fully saturated rings. The fourth-order valence-electron chi connectivity index (χ4n) is 2.97. The van der Waals surface area contributed by atoms with Crippen LogP contribution in [-0.4, -0.2) is 32.1 Å². The number of benzene rings is 1. The molecule has 24 heavy (non-hydrogen) atoms. The van der Waals surface area contributed by atoms with E-state index in [1.54, 1.807) is 12.1 Å². The summed E-state index contributed by atoms with van der Waals surface area (Å²) in [6, 6.07) is 5.96. The van der Waals surface area contributed by atoms with Crippen LogP contribution >= 0.6 is 12.4 Å². The lowest BCUT2D eigenvalue weighted by atomic mass is 9.84. The smallest absolute Gasteiger partial charge is 0.220 e. The summed E-state index contributed by atoms with van der Waals surface area (Å²) in [5.74, 6) is 1.60. The molecule has 2 rings (SSSR count). The van der Waals surface area contributed by atoms with Crippen LogP contribution in [0.25, 0.3) is 0 Å². The first kappa shape index (κ1) is 20.7. The van der Waals surface area contributed by atoms with Crippen LogP contribution in [0.4, 0.5) is 4.39 Å². The van der Waals surface area contributed by atoms with Gasteiger partial charge in [-0.05, 0) is 68.5 Å². The van der Waals surface area contributed by atoms with Gasteiger partial charge < -0.3 is 15.4 Å². The van der Waals surface area contributed by atoms with Gasteiger partial charge in [-0.1, -0.05) is 6.92 Å². The van der Waals surface area contributed by atoms with Gasteiger partial charge in [0.25, 0.3) is 0 Å². The Morgan fingerprint density at radius 3 is 2.67 bits per heavy atom. The number of hydrogen-bond donors (Lipinski definition) is 2. The molecule has 1 heterocycles. The minimum Gasteiger partial charge on any atom is -0.494 e. The van der Waals surface area contributed by atoms with Crippen molar-refractivity contribution in [2.24, 2.45) is 11.8 Å². The minimum atomic E-state index is -0.271. The van der Waals surface area contributed by atoms with Crippen LogP contribution in [0.5, 0.6) is 5.75 Å². The molecule has 0 radical (unpaired) electrons. The molecule has 1 aromatic rings. The van der Waals surface area contributed by atoms with Gasteiger partial charge in [-0.25, -0.2) is 4.39 Å². The number of nitrogens with one attached hydrogen (secondary N) is 2. The Bertz CT molecular complexity index is 478.